The van der Waals surface area contributed by atoms with Gasteiger partial charge in [-0.25, -0.2) is 0 Å². The SMILES string of the molecule is CCCCO.CCCCO.[Cl-].[Fe]. The molecule has 0 aromatic rings. The van der Waals surface area contributed by atoms with E-state index in [1.165, 1.54) is 0 Å². The first-order valence-corrected chi connectivity index (χ1v) is 4.05. The number of halogens is 1. The Labute approximate surface area is 92.6 Å². The van der Waals surface area contributed by atoms with Crippen LogP contribution in [0.5, 0.6) is 0 Å². The van der Waals surface area contributed by atoms with Crippen LogP contribution in [0.3, 0.4) is 0 Å². The predicted octanol–water partition coefficient (Wildman–Crippen LogP) is -1.44. The molecular formula is C8H20ClFeO2-. The normalized spacial score (nSPS) is 7.00. The minimum absolute atomic E-state index is 0. The zero-order valence-corrected chi connectivity index (χ0v) is 9.73. The Bertz CT molecular complexity index is 38.0. The van der Waals surface area contributed by atoms with Gasteiger partial charge in [0.2, 0.25) is 0 Å². The molecular weight excluding hydrogens is 219 g/mol. The van der Waals surface area contributed by atoms with Crippen LogP contribution >= 0.6 is 0 Å². The van der Waals surface area contributed by atoms with Crippen LogP contribution < -0.4 is 12.4 Å². The summed E-state index contributed by atoms with van der Waals surface area (Å²) in [7, 11) is 0. The molecule has 2 N–H and O–H groups in total. The van der Waals surface area contributed by atoms with Crippen LogP contribution in [0.15, 0.2) is 0 Å². The number of aliphatic hydroxyl groups is 2. The van der Waals surface area contributed by atoms with Crippen LogP contribution in [-0.4, -0.2) is 23.4 Å². The van der Waals surface area contributed by atoms with E-state index in [-0.39, 0.29) is 29.5 Å². The third-order valence-corrected chi connectivity index (χ3v) is 1.02. The van der Waals surface area contributed by atoms with Crippen molar-refractivity contribution in [3.05, 3.63) is 0 Å². The van der Waals surface area contributed by atoms with Crippen molar-refractivity contribution in [2.75, 3.05) is 13.2 Å². The second kappa shape index (κ2) is 29.8. The predicted molar refractivity (Wildman–Crippen MR) is 44.0 cm³/mol. The summed E-state index contributed by atoms with van der Waals surface area (Å²) in [5.41, 5.74) is 0. The quantitative estimate of drug-likeness (QED) is 0.590. The molecule has 4 heteroatoms. The van der Waals surface area contributed by atoms with Crippen LogP contribution in [0.1, 0.15) is 39.5 Å². The summed E-state index contributed by atoms with van der Waals surface area (Å²) in [6.07, 6.45) is 4.08. The molecule has 80 valence electrons. The monoisotopic (exact) mass is 239 g/mol. The third-order valence-electron chi connectivity index (χ3n) is 1.02. The van der Waals surface area contributed by atoms with Gasteiger partial charge >= 0.3 is 0 Å². The van der Waals surface area contributed by atoms with Gasteiger partial charge in [0, 0.05) is 30.3 Å². The van der Waals surface area contributed by atoms with E-state index in [2.05, 4.69) is 13.8 Å². The fraction of sp³-hybridized carbons (Fsp3) is 1.00. The van der Waals surface area contributed by atoms with E-state index < -0.39 is 0 Å². The Morgan fingerprint density at radius 2 is 1.08 bits per heavy atom. The Kier molecular flexibility index (Phi) is 57.1. The molecule has 0 bridgehead atoms. The van der Waals surface area contributed by atoms with Crippen molar-refractivity contribution in [3.63, 3.8) is 0 Å². The van der Waals surface area contributed by atoms with Crippen LogP contribution in [-0.2, 0) is 17.1 Å². The van der Waals surface area contributed by atoms with Crippen LogP contribution in [0, 0.1) is 0 Å². The van der Waals surface area contributed by atoms with E-state index in [1.807, 2.05) is 0 Å². The van der Waals surface area contributed by atoms with Gasteiger partial charge in [0.25, 0.3) is 0 Å². The molecule has 0 heterocycles. The fourth-order valence-corrected chi connectivity index (χ4v) is 0.316. The summed E-state index contributed by atoms with van der Waals surface area (Å²) in [6, 6.07) is 0. The largest absolute Gasteiger partial charge is 1.00 e. The van der Waals surface area contributed by atoms with E-state index in [4.69, 9.17) is 10.2 Å². The van der Waals surface area contributed by atoms with Gasteiger partial charge in [0.15, 0.2) is 0 Å². The summed E-state index contributed by atoms with van der Waals surface area (Å²) in [6.45, 7) is 4.79. The van der Waals surface area contributed by atoms with Gasteiger partial charge in [0.05, 0.1) is 0 Å². The number of unbranched alkanes of at least 4 members (excludes halogenated alkanes) is 2. The summed E-state index contributed by atoms with van der Waals surface area (Å²) < 4.78 is 0. The first-order chi connectivity index (χ1) is 4.83. The zero-order chi connectivity index (χ0) is 8.24. The van der Waals surface area contributed by atoms with E-state index >= 15 is 0 Å². The molecule has 0 aliphatic heterocycles. The molecule has 0 saturated carbocycles. The van der Waals surface area contributed by atoms with Crippen molar-refractivity contribution in [2.24, 2.45) is 0 Å². The molecule has 2 nitrogen and oxygen atoms in total. The summed E-state index contributed by atoms with van der Waals surface area (Å²) in [5, 5.41) is 16.1. The van der Waals surface area contributed by atoms with Gasteiger partial charge in [-0.3, -0.25) is 0 Å². The topological polar surface area (TPSA) is 40.5 Å². The molecule has 0 spiro atoms. The molecule has 0 atom stereocenters. The Morgan fingerprint density at radius 1 is 0.833 bits per heavy atom. The number of hydrogen-bond donors (Lipinski definition) is 2. The van der Waals surface area contributed by atoms with Gasteiger partial charge < -0.3 is 22.6 Å². The molecule has 0 aliphatic carbocycles. The summed E-state index contributed by atoms with van der Waals surface area (Å²) >= 11 is 0. The molecule has 0 aliphatic rings. The summed E-state index contributed by atoms with van der Waals surface area (Å²) in [4.78, 5) is 0. The third kappa shape index (κ3) is 45.4. The molecule has 0 saturated heterocycles. The Hall–Kier alpha value is 0.729. The fourth-order valence-electron chi connectivity index (χ4n) is 0.316. The first kappa shape index (κ1) is 23.0. The smallest absolute Gasteiger partial charge is 0.0430 e. The minimum Gasteiger partial charge on any atom is -1.00 e. The van der Waals surface area contributed by atoms with Gasteiger partial charge in [-0.1, -0.05) is 26.7 Å². The van der Waals surface area contributed by atoms with E-state index in [0.29, 0.717) is 13.2 Å². The van der Waals surface area contributed by atoms with E-state index in [1.54, 1.807) is 0 Å². The van der Waals surface area contributed by atoms with Crippen molar-refractivity contribution in [1.29, 1.82) is 0 Å². The maximum absolute atomic E-state index is 8.07. The molecule has 12 heavy (non-hydrogen) atoms. The maximum atomic E-state index is 8.07. The van der Waals surface area contributed by atoms with Gasteiger partial charge in [-0.15, -0.1) is 0 Å². The minimum atomic E-state index is 0. The van der Waals surface area contributed by atoms with Crippen molar-refractivity contribution < 1.29 is 39.7 Å². The van der Waals surface area contributed by atoms with Crippen LogP contribution in [0.25, 0.3) is 0 Å². The van der Waals surface area contributed by atoms with Gasteiger partial charge in [0.1, 0.15) is 0 Å². The average Bonchev–Trinajstić information content (AvgIpc) is 1.93. The van der Waals surface area contributed by atoms with Crippen molar-refractivity contribution in [2.45, 2.75) is 39.5 Å². The van der Waals surface area contributed by atoms with Crippen molar-refractivity contribution in [1.82, 2.24) is 0 Å². The van der Waals surface area contributed by atoms with E-state index in [9.17, 15) is 0 Å². The number of hydrogen-bond acceptors (Lipinski definition) is 2. The molecule has 0 aromatic carbocycles. The van der Waals surface area contributed by atoms with E-state index in [0.717, 1.165) is 25.7 Å². The second-order valence-electron chi connectivity index (χ2n) is 2.15. The number of rotatable bonds is 4. The van der Waals surface area contributed by atoms with Crippen molar-refractivity contribution in [3.8, 4) is 0 Å². The average molecular weight is 240 g/mol. The molecule has 0 unspecified atom stereocenters. The molecule has 0 fully saturated rings. The van der Waals surface area contributed by atoms with Crippen LogP contribution in [0.4, 0.5) is 0 Å². The Morgan fingerprint density at radius 3 is 1.08 bits per heavy atom. The first-order valence-electron chi connectivity index (χ1n) is 4.05. The van der Waals surface area contributed by atoms with Crippen molar-refractivity contribution >= 4 is 0 Å². The van der Waals surface area contributed by atoms with Gasteiger partial charge in [-0.05, 0) is 12.8 Å². The molecule has 0 rings (SSSR count). The Balaban J connectivity index is -0.0000000457. The zero-order valence-electron chi connectivity index (χ0n) is 7.87. The maximum Gasteiger partial charge on any atom is 0.0430 e. The molecule has 0 radical (unpaired) electrons. The second-order valence-corrected chi connectivity index (χ2v) is 2.15. The molecule has 0 amide bonds. The van der Waals surface area contributed by atoms with Gasteiger partial charge in [-0.2, -0.15) is 0 Å². The van der Waals surface area contributed by atoms with Crippen LogP contribution in [0.2, 0.25) is 0 Å². The standard InChI is InChI=1S/2C4H10O.ClH.Fe/c2*1-2-3-4-5;;/h2*5H,2-4H2,1H3;1H;/p-1. The molecule has 0 aromatic heterocycles. The summed E-state index contributed by atoms with van der Waals surface area (Å²) in [5.74, 6) is 0. The number of aliphatic hydroxyl groups excluding tert-OH is 2.